The van der Waals surface area contributed by atoms with E-state index in [4.69, 9.17) is 18.9 Å². The molecule has 2 aromatic rings. The molecular weight excluding hydrogens is 404 g/mol. The quantitative estimate of drug-likeness (QED) is 0.594. The molecule has 0 bridgehead atoms. The zero-order valence-electron chi connectivity index (χ0n) is 14.2. The van der Waals surface area contributed by atoms with E-state index >= 15 is 0 Å². The molecule has 7 nitrogen and oxygen atoms in total. The molecule has 0 saturated heterocycles. The van der Waals surface area contributed by atoms with Crippen LogP contribution in [0.1, 0.15) is 5.56 Å². The molecule has 0 aliphatic carbocycles. The van der Waals surface area contributed by atoms with Crippen molar-refractivity contribution in [3.05, 3.63) is 46.4 Å². The van der Waals surface area contributed by atoms with Gasteiger partial charge in [-0.25, -0.2) is 5.43 Å². The van der Waals surface area contributed by atoms with Gasteiger partial charge in [-0.3, -0.25) is 4.79 Å². The van der Waals surface area contributed by atoms with Crippen LogP contribution in [0.15, 0.2) is 46.0 Å². The zero-order valence-corrected chi connectivity index (χ0v) is 15.8. The normalized spacial score (nSPS) is 15.6. The van der Waals surface area contributed by atoms with Crippen LogP contribution < -0.4 is 24.4 Å². The largest absolute Gasteiger partial charge is 0.493 e. The number of halogens is 1. The summed E-state index contributed by atoms with van der Waals surface area (Å²) in [5.74, 6) is 1.90. The van der Waals surface area contributed by atoms with Gasteiger partial charge in [-0.15, -0.1) is 0 Å². The first-order valence-electron chi connectivity index (χ1n) is 7.75. The number of ether oxygens (including phenoxy) is 4. The SMILES string of the molecule is COc1cc(C=NNC(=O)[C@@H]2COc3ccccc3O2)cc(Br)c1OC. The van der Waals surface area contributed by atoms with Crippen molar-refractivity contribution < 1.29 is 23.7 Å². The number of hydrogen-bond acceptors (Lipinski definition) is 6. The van der Waals surface area contributed by atoms with Gasteiger partial charge >= 0.3 is 0 Å². The Hall–Kier alpha value is -2.74. The number of methoxy groups -OCH3 is 2. The van der Waals surface area contributed by atoms with Gasteiger partial charge in [-0.05, 0) is 45.8 Å². The van der Waals surface area contributed by atoms with E-state index in [-0.39, 0.29) is 6.61 Å². The molecular formula is C18H17BrN2O5. The van der Waals surface area contributed by atoms with Crippen molar-refractivity contribution in [1.82, 2.24) is 5.43 Å². The maximum absolute atomic E-state index is 12.2. The van der Waals surface area contributed by atoms with Gasteiger partial charge in [0.2, 0.25) is 6.10 Å². The van der Waals surface area contributed by atoms with E-state index in [2.05, 4.69) is 26.5 Å². The lowest BCUT2D eigenvalue weighted by molar-refractivity contribution is -0.130. The summed E-state index contributed by atoms with van der Waals surface area (Å²) >= 11 is 3.41. The maximum atomic E-state index is 12.2. The summed E-state index contributed by atoms with van der Waals surface area (Å²) in [6.45, 7) is 0.125. The first kappa shape index (κ1) is 18.1. The second-order valence-electron chi connectivity index (χ2n) is 5.34. The summed E-state index contributed by atoms with van der Waals surface area (Å²) in [6, 6.07) is 10.7. The molecule has 1 aliphatic heterocycles. The van der Waals surface area contributed by atoms with Crippen LogP contribution in [0.3, 0.4) is 0 Å². The highest BCUT2D eigenvalue weighted by atomic mass is 79.9. The molecule has 1 amide bonds. The zero-order chi connectivity index (χ0) is 18.5. The van der Waals surface area contributed by atoms with Crippen LogP contribution in [-0.2, 0) is 4.79 Å². The third-order valence-corrected chi connectivity index (χ3v) is 4.23. The number of carbonyl (C=O) groups excluding carboxylic acids is 1. The van der Waals surface area contributed by atoms with Crippen LogP contribution in [-0.4, -0.2) is 39.1 Å². The van der Waals surface area contributed by atoms with E-state index in [1.165, 1.54) is 6.21 Å². The molecule has 2 aromatic carbocycles. The Morgan fingerprint density at radius 3 is 2.77 bits per heavy atom. The molecule has 1 heterocycles. The van der Waals surface area contributed by atoms with E-state index in [0.29, 0.717) is 27.5 Å². The number of benzene rings is 2. The second-order valence-corrected chi connectivity index (χ2v) is 6.19. The molecule has 1 N–H and O–H groups in total. The van der Waals surface area contributed by atoms with Gasteiger partial charge in [0.15, 0.2) is 23.0 Å². The van der Waals surface area contributed by atoms with E-state index in [1.54, 1.807) is 38.5 Å². The summed E-state index contributed by atoms with van der Waals surface area (Å²) in [5, 5.41) is 3.97. The molecule has 0 aromatic heterocycles. The van der Waals surface area contributed by atoms with E-state index in [0.717, 1.165) is 5.56 Å². The van der Waals surface area contributed by atoms with Gasteiger partial charge in [-0.2, -0.15) is 5.10 Å². The number of rotatable bonds is 5. The van der Waals surface area contributed by atoms with Gasteiger partial charge in [0.1, 0.15) is 6.61 Å². The third kappa shape index (κ3) is 3.91. The van der Waals surface area contributed by atoms with Crippen LogP contribution in [0.5, 0.6) is 23.0 Å². The van der Waals surface area contributed by atoms with Gasteiger partial charge in [0.25, 0.3) is 5.91 Å². The van der Waals surface area contributed by atoms with Crippen LogP contribution in [0, 0.1) is 0 Å². The molecule has 8 heteroatoms. The Kier molecular flexibility index (Phi) is 5.62. The first-order valence-corrected chi connectivity index (χ1v) is 8.54. The van der Waals surface area contributed by atoms with Crippen molar-refractivity contribution in [2.24, 2.45) is 5.10 Å². The number of hydrogen-bond donors (Lipinski definition) is 1. The molecule has 26 heavy (non-hydrogen) atoms. The number of para-hydroxylation sites is 2. The number of amides is 1. The number of nitrogens with zero attached hydrogens (tertiary/aromatic N) is 1. The second kappa shape index (κ2) is 8.09. The Morgan fingerprint density at radius 2 is 2.04 bits per heavy atom. The number of carbonyl (C=O) groups is 1. The van der Waals surface area contributed by atoms with Gasteiger partial charge in [0.05, 0.1) is 24.9 Å². The summed E-state index contributed by atoms with van der Waals surface area (Å²) in [5.41, 5.74) is 3.18. The predicted molar refractivity (Wildman–Crippen MR) is 99.3 cm³/mol. The molecule has 0 spiro atoms. The molecule has 3 rings (SSSR count). The third-order valence-electron chi connectivity index (χ3n) is 3.65. The van der Waals surface area contributed by atoms with E-state index in [9.17, 15) is 4.79 Å². The topological polar surface area (TPSA) is 78.4 Å². The van der Waals surface area contributed by atoms with Crippen molar-refractivity contribution in [2.75, 3.05) is 20.8 Å². The summed E-state index contributed by atoms with van der Waals surface area (Å²) in [4.78, 5) is 12.2. The fraction of sp³-hybridized carbons (Fsp3) is 0.222. The van der Waals surface area contributed by atoms with Crippen molar-refractivity contribution in [1.29, 1.82) is 0 Å². The maximum Gasteiger partial charge on any atom is 0.284 e. The van der Waals surface area contributed by atoms with Crippen molar-refractivity contribution >= 4 is 28.1 Å². The molecule has 1 atom stereocenters. The fourth-order valence-electron chi connectivity index (χ4n) is 2.40. The average Bonchev–Trinajstić information content (AvgIpc) is 2.67. The van der Waals surface area contributed by atoms with Crippen LogP contribution in [0.25, 0.3) is 0 Å². The highest BCUT2D eigenvalue weighted by molar-refractivity contribution is 9.10. The minimum absolute atomic E-state index is 0.125. The Balaban J connectivity index is 1.64. The Morgan fingerprint density at radius 1 is 1.27 bits per heavy atom. The lowest BCUT2D eigenvalue weighted by atomic mass is 10.2. The molecule has 0 radical (unpaired) electrons. The summed E-state index contributed by atoms with van der Waals surface area (Å²) in [6.07, 6.45) is 0.738. The summed E-state index contributed by atoms with van der Waals surface area (Å²) < 4.78 is 22.4. The molecule has 0 saturated carbocycles. The predicted octanol–water partition coefficient (Wildman–Crippen LogP) is 2.76. The molecule has 0 unspecified atom stereocenters. The average molecular weight is 421 g/mol. The Labute approximate surface area is 159 Å². The van der Waals surface area contributed by atoms with Gasteiger partial charge in [-0.1, -0.05) is 12.1 Å². The van der Waals surface area contributed by atoms with Gasteiger partial charge < -0.3 is 18.9 Å². The van der Waals surface area contributed by atoms with Crippen molar-refractivity contribution in [3.63, 3.8) is 0 Å². The number of hydrazone groups is 1. The monoisotopic (exact) mass is 420 g/mol. The first-order chi connectivity index (χ1) is 12.6. The Bertz CT molecular complexity index is 840. The van der Waals surface area contributed by atoms with Gasteiger partial charge in [0, 0.05) is 0 Å². The van der Waals surface area contributed by atoms with Crippen LogP contribution >= 0.6 is 15.9 Å². The summed E-state index contributed by atoms with van der Waals surface area (Å²) in [7, 11) is 3.10. The van der Waals surface area contributed by atoms with Crippen LogP contribution in [0.2, 0.25) is 0 Å². The standard InChI is InChI=1S/C18H17BrN2O5/c1-23-15-8-11(7-12(19)17(15)24-2)9-20-21-18(22)16-10-25-13-5-3-4-6-14(13)26-16/h3-9,16H,10H2,1-2H3,(H,21,22)/t16-/m0/s1. The highest BCUT2D eigenvalue weighted by Gasteiger charge is 2.27. The van der Waals surface area contributed by atoms with E-state index < -0.39 is 12.0 Å². The molecule has 136 valence electrons. The lowest BCUT2D eigenvalue weighted by Crippen LogP contribution is -2.42. The molecule has 1 aliphatic rings. The fourth-order valence-corrected chi connectivity index (χ4v) is 3.03. The molecule has 0 fully saturated rings. The minimum atomic E-state index is -0.765. The minimum Gasteiger partial charge on any atom is -0.493 e. The lowest BCUT2D eigenvalue weighted by Gasteiger charge is -2.24. The van der Waals surface area contributed by atoms with Crippen molar-refractivity contribution in [3.8, 4) is 23.0 Å². The van der Waals surface area contributed by atoms with E-state index in [1.807, 2.05) is 12.1 Å². The highest BCUT2D eigenvalue weighted by Crippen LogP contribution is 2.35. The van der Waals surface area contributed by atoms with Crippen LogP contribution in [0.4, 0.5) is 0 Å². The number of nitrogens with one attached hydrogen (secondary N) is 1. The number of fused-ring (bicyclic) bond motifs is 1. The smallest absolute Gasteiger partial charge is 0.284 e. The van der Waals surface area contributed by atoms with Crippen molar-refractivity contribution in [2.45, 2.75) is 6.10 Å².